The molecule has 1 nitrogen and oxygen atoms in total. The van der Waals surface area contributed by atoms with E-state index < -0.39 is 0 Å². The number of rotatable bonds is 0. The van der Waals surface area contributed by atoms with Crippen LogP contribution in [0, 0.1) is 0 Å². The Hall–Kier alpha value is -0.850. The second-order valence-electron chi connectivity index (χ2n) is 1.89. The van der Waals surface area contributed by atoms with E-state index in [0.29, 0.717) is 0 Å². The maximum absolute atomic E-state index is 4.07. The Labute approximate surface area is 76.9 Å². The number of aliphatic imine (C=N–C) groups is 1. The standard InChI is InChI=1S/C7H9N.2C2H6/c1-7-4-2-3-5-8-6-7;2*1-2/h2-5H,6H2,1H3;2*1-2H3. The number of hydrogen-bond donors (Lipinski definition) is 0. The molecule has 1 aliphatic heterocycles. The molecule has 0 atom stereocenters. The van der Waals surface area contributed by atoms with E-state index in [2.05, 4.69) is 18.0 Å². The second-order valence-corrected chi connectivity index (χ2v) is 1.89. The molecule has 0 fully saturated rings. The molecule has 1 heteroatoms. The van der Waals surface area contributed by atoms with Gasteiger partial charge in [-0.2, -0.15) is 0 Å². The van der Waals surface area contributed by atoms with Crippen molar-refractivity contribution in [3.8, 4) is 0 Å². The highest BCUT2D eigenvalue weighted by Gasteiger charge is 1.83. The molecule has 0 aromatic rings. The lowest BCUT2D eigenvalue weighted by Crippen LogP contribution is -1.78. The van der Waals surface area contributed by atoms with Crippen molar-refractivity contribution in [1.82, 2.24) is 0 Å². The molecule has 12 heavy (non-hydrogen) atoms. The average molecular weight is 167 g/mol. The summed E-state index contributed by atoms with van der Waals surface area (Å²) >= 11 is 0. The van der Waals surface area contributed by atoms with E-state index in [9.17, 15) is 0 Å². The smallest absolute Gasteiger partial charge is 0.0599 e. The topological polar surface area (TPSA) is 12.4 Å². The summed E-state index contributed by atoms with van der Waals surface area (Å²) in [5, 5.41) is 0. The lowest BCUT2D eigenvalue weighted by Gasteiger charge is -1.86. The molecule has 0 aromatic carbocycles. The van der Waals surface area contributed by atoms with Crippen LogP contribution in [-0.4, -0.2) is 12.8 Å². The van der Waals surface area contributed by atoms with Crippen molar-refractivity contribution in [1.29, 1.82) is 0 Å². The number of hydrogen-bond acceptors (Lipinski definition) is 1. The normalized spacial score (nSPS) is 12.9. The Morgan fingerprint density at radius 1 is 1.08 bits per heavy atom. The first-order chi connectivity index (χ1) is 5.89. The van der Waals surface area contributed by atoms with Crippen LogP contribution in [0.4, 0.5) is 0 Å². The van der Waals surface area contributed by atoms with Crippen LogP contribution in [0.2, 0.25) is 0 Å². The van der Waals surface area contributed by atoms with Crippen LogP contribution >= 0.6 is 0 Å². The maximum atomic E-state index is 4.07. The quantitative estimate of drug-likeness (QED) is 0.522. The Morgan fingerprint density at radius 3 is 2.25 bits per heavy atom. The molecule has 0 aliphatic carbocycles. The first-order valence-electron chi connectivity index (χ1n) is 4.72. The van der Waals surface area contributed by atoms with Gasteiger partial charge in [0.15, 0.2) is 0 Å². The zero-order valence-electron chi connectivity index (χ0n) is 8.96. The van der Waals surface area contributed by atoms with Gasteiger partial charge in [0.2, 0.25) is 0 Å². The van der Waals surface area contributed by atoms with Crippen LogP contribution in [0.5, 0.6) is 0 Å². The molecule has 0 spiro atoms. The van der Waals surface area contributed by atoms with Crippen molar-refractivity contribution < 1.29 is 0 Å². The van der Waals surface area contributed by atoms with Gasteiger partial charge < -0.3 is 0 Å². The van der Waals surface area contributed by atoms with Crippen LogP contribution < -0.4 is 0 Å². The molecular weight excluding hydrogens is 146 g/mol. The van der Waals surface area contributed by atoms with E-state index in [4.69, 9.17) is 0 Å². The van der Waals surface area contributed by atoms with Crippen molar-refractivity contribution in [2.24, 2.45) is 4.99 Å². The average Bonchev–Trinajstić information content (AvgIpc) is 2.40. The molecule has 0 bridgehead atoms. The molecule has 1 aliphatic rings. The van der Waals surface area contributed by atoms with Crippen LogP contribution in [0.3, 0.4) is 0 Å². The molecule has 0 saturated heterocycles. The van der Waals surface area contributed by atoms with E-state index in [0.717, 1.165) is 6.54 Å². The van der Waals surface area contributed by atoms with Crippen molar-refractivity contribution in [3.63, 3.8) is 0 Å². The Balaban J connectivity index is 0. The van der Waals surface area contributed by atoms with Crippen LogP contribution in [0.15, 0.2) is 28.8 Å². The summed E-state index contributed by atoms with van der Waals surface area (Å²) in [5.74, 6) is 0. The molecule has 0 radical (unpaired) electrons. The van der Waals surface area contributed by atoms with Gasteiger partial charge in [0.05, 0.1) is 6.54 Å². The van der Waals surface area contributed by atoms with E-state index in [-0.39, 0.29) is 0 Å². The highest BCUT2D eigenvalue weighted by molar-refractivity contribution is 5.72. The van der Waals surface area contributed by atoms with Gasteiger partial charge in [0.25, 0.3) is 0 Å². The number of nitrogens with zero attached hydrogens (tertiary/aromatic N) is 1. The fourth-order valence-electron chi connectivity index (χ4n) is 0.580. The van der Waals surface area contributed by atoms with Crippen molar-refractivity contribution >= 4 is 6.21 Å². The Morgan fingerprint density at radius 2 is 1.67 bits per heavy atom. The lowest BCUT2D eigenvalue weighted by molar-refractivity contribution is 1.15. The molecule has 0 unspecified atom stereocenters. The minimum Gasteiger partial charge on any atom is -0.289 e. The maximum Gasteiger partial charge on any atom is 0.0599 e. The predicted molar refractivity (Wildman–Crippen MR) is 59.0 cm³/mol. The van der Waals surface area contributed by atoms with E-state index >= 15 is 0 Å². The van der Waals surface area contributed by atoms with Crippen molar-refractivity contribution in [3.05, 3.63) is 23.8 Å². The molecule has 0 aromatic heterocycles. The van der Waals surface area contributed by atoms with Gasteiger partial charge in [0.1, 0.15) is 0 Å². The van der Waals surface area contributed by atoms with E-state index in [1.54, 1.807) is 0 Å². The first-order valence-corrected chi connectivity index (χ1v) is 4.72. The fourth-order valence-corrected chi connectivity index (χ4v) is 0.580. The zero-order chi connectivity index (χ0) is 9.82. The summed E-state index contributed by atoms with van der Waals surface area (Å²) in [5.41, 5.74) is 1.31. The molecule has 0 saturated carbocycles. The molecule has 1 heterocycles. The summed E-state index contributed by atoms with van der Waals surface area (Å²) in [6, 6.07) is 0. The van der Waals surface area contributed by atoms with Gasteiger partial charge in [-0.25, -0.2) is 0 Å². The van der Waals surface area contributed by atoms with Crippen molar-refractivity contribution in [2.75, 3.05) is 6.54 Å². The van der Waals surface area contributed by atoms with Gasteiger partial charge in [-0.05, 0) is 13.0 Å². The van der Waals surface area contributed by atoms with E-state index in [1.165, 1.54) is 5.57 Å². The third-order valence-electron chi connectivity index (χ3n) is 1.02. The van der Waals surface area contributed by atoms with Gasteiger partial charge in [-0.15, -0.1) is 0 Å². The molecule has 70 valence electrons. The molecule has 0 N–H and O–H groups in total. The SMILES string of the molecule is CC.CC.CC1=CC=CC=NC1. The summed E-state index contributed by atoms with van der Waals surface area (Å²) in [6.07, 6.45) is 7.85. The monoisotopic (exact) mass is 167 g/mol. The van der Waals surface area contributed by atoms with Crippen LogP contribution in [0.25, 0.3) is 0 Å². The number of allylic oxidation sites excluding steroid dienone is 3. The molecule has 0 amide bonds. The van der Waals surface area contributed by atoms with E-state index in [1.807, 2.05) is 46.1 Å². The predicted octanol–water partition coefficient (Wildman–Crippen LogP) is 3.63. The second kappa shape index (κ2) is 12.8. The Kier molecular flexibility index (Phi) is 14.6. The summed E-state index contributed by atoms with van der Waals surface area (Å²) in [7, 11) is 0. The van der Waals surface area contributed by atoms with Crippen molar-refractivity contribution in [2.45, 2.75) is 34.6 Å². The minimum atomic E-state index is 0.854. The first kappa shape index (κ1) is 13.7. The fraction of sp³-hybridized carbons (Fsp3) is 0.545. The highest BCUT2D eigenvalue weighted by Crippen LogP contribution is 1.95. The van der Waals surface area contributed by atoms with Gasteiger partial charge >= 0.3 is 0 Å². The van der Waals surface area contributed by atoms with Gasteiger partial charge in [-0.1, -0.05) is 45.4 Å². The molecule has 1 rings (SSSR count). The Bertz CT molecular complexity index is 152. The lowest BCUT2D eigenvalue weighted by atomic mass is 10.3. The van der Waals surface area contributed by atoms with Gasteiger partial charge in [0, 0.05) is 6.21 Å². The zero-order valence-corrected chi connectivity index (χ0v) is 8.96. The minimum absolute atomic E-state index is 0.854. The molecular formula is C11H21N. The highest BCUT2D eigenvalue weighted by atomic mass is 14.7. The van der Waals surface area contributed by atoms with Gasteiger partial charge in [-0.3, -0.25) is 4.99 Å². The third kappa shape index (κ3) is 9.15. The van der Waals surface area contributed by atoms with Crippen LogP contribution in [-0.2, 0) is 0 Å². The summed E-state index contributed by atoms with van der Waals surface area (Å²) in [4.78, 5) is 4.07. The largest absolute Gasteiger partial charge is 0.289 e. The summed E-state index contributed by atoms with van der Waals surface area (Å²) < 4.78 is 0. The third-order valence-corrected chi connectivity index (χ3v) is 1.02. The van der Waals surface area contributed by atoms with Crippen LogP contribution in [0.1, 0.15) is 34.6 Å². The summed E-state index contributed by atoms with van der Waals surface area (Å²) in [6.45, 7) is 10.9.